The Kier molecular flexibility index (Phi) is 10.5. The Morgan fingerprint density at radius 2 is 1.59 bits per heavy atom. The Balaban J connectivity index is 1.68. The van der Waals surface area contributed by atoms with Gasteiger partial charge in [0.1, 0.15) is 12.4 Å². The molecule has 39 heavy (non-hydrogen) atoms. The lowest BCUT2D eigenvalue weighted by molar-refractivity contribution is -0.128. The SMILES string of the molecule is CNS(=O)(=O)NC(=O)COCC(C)(C)OCCN(c1cnc(-c2ccccc2)c(-c2ccccc2)n1)C(C)C. The highest BCUT2D eigenvalue weighted by molar-refractivity contribution is 7.88. The first-order valence-electron chi connectivity index (χ1n) is 12.7. The first-order valence-corrected chi connectivity index (χ1v) is 14.2. The molecule has 0 radical (unpaired) electrons. The quantitative estimate of drug-likeness (QED) is 0.310. The molecule has 0 aliphatic heterocycles. The highest BCUT2D eigenvalue weighted by Gasteiger charge is 2.22. The van der Waals surface area contributed by atoms with Crippen LogP contribution >= 0.6 is 0 Å². The molecular formula is C28H37N5O5S. The van der Waals surface area contributed by atoms with Crippen LogP contribution < -0.4 is 14.3 Å². The molecule has 2 N–H and O–H groups in total. The van der Waals surface area contributed by atoms with Gasteiger partial charge < -0.3 is 14.4 Å². The number of carbonyl (C=O) groups is 1. The maximum atomic E-state index is 11.8. The molecule has 0 aliphatic rings. The predicted molar refractivity (Wildman–Crippen MR) is 152 cm³/mol. The van der Waals surface area contributed by atoms with Crippen LogP contribution in [0.3, 0.4) is 0 Å². The van der Waals surface area contributed by atoms with Crippen molar-refractivity contribution in [3.05, 3.63) is 66.9 Å². The molecule has 0 aliphatic carbocycles. The van der Waals surface area contributed by atoms with E-state index in [9.17, 15) is 13.2 Å². The molecule has 1 heterocycles. The molecular weight excluding hydrogens is 518 g/mol. The molecule has 0 unspecified atom stereocenters. The second kappa shape index (κ2) is 13.6. The maximum absolute atomic E-state index is 11.8. The highest BCUT2D eigenvalue weighted by Crippen LogP contribution is 2.30. The van der Waals surface area contributed by atoms with Crippen molar-refractivity contribution in [1.82, 2.24) is 19.4 Å². The van der Waals surface area contributed by atoms with Crippen LogP contribution in [0.1, 0.15) is 27.7 Å². The molecule has 11 heteroatoms. The van der Waals surface area contributed by atoms with Gasteiger partial charge in [-0.15, -0.1) is 0 Å². The van der Waals surface area contributed by atoms with Gasteiger partial charge in [-0.2, -0.15) is 8.42 Å². The zero-order valence-electron chi connectivity index (χ0n) is 23.0. The van der Waals surface area contributed by atoms with Gasteiger partial charge in [0.2, 0.25) is 0 Å². The summed E-state index contributed by atoms with van der Waals surface area (Å²) in [6.45, 7) is 8.48. The largest absolute Gasteiger partial charge is 0.371 e. The highest BCUT2D eigenvalue weighted by atomic mass is 32.2. The molecule has 0 saturated carbocycles. The van der Waals surface area contributed by atoms with Crippen molar-refractivity contribution in [3.8, 4) is 22.5 Å². The van der Waals surface area contributed by atoms with E-state index in [1.54, 1.807) is 6.20 Å². The Morgan fingerprint density at radius 1 is 1.00 bits per heavy atom. The standard InChI is InChI=1S/C28H37N5O5S/c1-21(2)33(16-17-38-28(3,4)20-37-19-25(34)32-39(35,36)29-5)24-18-30-26(22-12-8-6-9-13-22)27(31-24)23-14-10-7-11-15-23/h6-15,18,21,29H,16-17,19-20H2,1-5H3,(H,32,34). The molecule has 210 valence electrons. The van der Waals surface area contributed by atoms with Gasteiger partial charge in [0, 0.05) is 30.8 Å². The fourth-order valence-electron chi connectivity index (χ4n) is 3.84. The minimum absolute atomic E-state index is 0.103. The Labute approximate surface area is 231 Å². The predicted octanol–water partition coefficient (Wildman–Crippen LogP) is 3.42. The number of hydrogen-bond donors (Lipinski definition) is 2. The number of hydrogen-bond acceptors (Lipinski definition) is 8. The summed E-state index contributed by atoms with van der Waals surface area (Å²) in [5.74, 6) is -0.0264. The summed E-state index contributed by atoms with van der Waals surface area (Å²) < 4.78 is 38.1. The van der Waals surface area contributed by atoms with E-state index in [-0.39, 0.29) is 12.6 Å². The minimum Gasteiger partial charge on any atom is -0.371 e. The van der Waals surface area contributed by atoms with Crippen molar-refractivity contribution < 1.29 is 22.7 Å². The van der Waals surface area contributed by atoms with E-state index in [4.69, 9.17) is 19.4 Å². The lowest BCUT2D eigenvalue weighted by Gasteiger charge is -2.31. The van der Waals surface area contributed by atoms with Gasteiger partial charge in [-0.05, 0) is 27.7 Å². The van der Waals surface area contributed by atoms with Crippen LogP contribution in [0.4, 0.5) is 5.82 Å². The fourth-order valence-corrected chi connectivity index (χ4v) is 4.30. The molecule has 0 bridgehead atoms. The van der Waals surface area contributed by atoms with Crippen LogP contribution in [0.5, 0.6) is 0 Å². The number of nitrogens with zero attached hydrogens (tertiary/aromatic N) is 3. The van der Waals surface area contributed by atoms with Crippen molar-refractivity contribution in [2.75, 3.05) is 38.3 Å². The van der Waals surface area contributed by atoms with Crippen molar-refractivity contribution >= 4 is 21.9 Å². The van der Waals surface area contributed by atoms with Crippen LogP contribution in [0.2, 0.25) is 0 Å². The first kappa shape index (κ1) is 30.2. The third kappa shape index (κ3) is 9.10. The van der Waals surface area contributed by atoms with Crippen molar-refractivity contribution in [3.63, 3.8) is 0 Å². The Bertz CT molecular complexity index is 1320. The number of amides is 1. The van der Waals surface area contributed by atoms with E-state index in [1.165, 1.54) is 7.05 Å². The average molecular weight is 556 g/mol. The molecule has 2 aromatic carbocycles. The number of aromatic nitrogens is 2. The second-order valence-electron chi connectivity index (χ2n) is 9.78. The number of ether oxygens (including phenoxy) is 2. The van der Waals surface area contributed by atoms with Gasteiger partial charge in [-0.3, -0.25) is 9.78 Å². The topological polar surface area (TPSA) is 123 Å². The number of rotatable bonds is 14. The monoisotopic (exact) mass is 555 g/mol. The molecule has 0 fully saturated rings. The Morgan fingerprint density at radius 3 is 2.15 bits per heavy atom. The molecule has 0 atom stereocenters. The third-order valence-corrected chi connectivity index (χ3v) is 6.83. The van der Waals surface area contributed by atoms with E-state index in [0.29, 0.717) is 13.2 Å². The summed E-state index contributed by atoms with van der Waals surface area (Å²) in [7, 11) is -2.65. The van der Waals surface area contributed by atoms with Gasteiger partial charge in [0.05, 0.1) is 36.4 Å². The van der Waals surface area contributed by atoms with E-state index in [0.717, 1.165) is 28.3 Å². The number of nitrogens with one attached hydrogen (secondary N) is 2. The molecule has 3 rings (SSSR count). The summed E-state index contributed by atoms with van der Waals surface area (Å²) in [6.07, 6.45) is 1.79. The summed E-state index contributed by atoms with van der Waals surface area (Å²) in [5, 5.41) is 0. The Hall–Kier alpha value is -3.38. The summed E-state index contributed by atoms with van der Waals surface area (Å²) in [5.41, 5.74) is 2.89. The summed E-state index contributed by atoms with van der Waals surface area (Å²) in [6, 6.07) is 20.1. The van der Waals surface area contributed by atoms with Crippen molar-refractivity contribution in [2.24, 2.45) is 0 Å². The summed E-state index contributed by atoms with van der Waals surface area (Å²) >= 11 is 0. The van der Waals surface area contributed by atoms with Gasteiger partial charge in [-0.25, -0.2) is 14.4 Å². The van der Waals surface area contributed by atoms with Gasteiger partial charge in [-0.1, -0.05) is 60.7 Å². The molecule has 0 saturated heterocycles. The number of carbonyl (C=O) groups excluding carboxylic acids is 1. The average Bonchev–Trinajstić information content (AvgIpc) is 2.91. The number of anilines is 1. The van der Waals surface area contributed by atoms with Gasteiger partial charge >= 0.3 is 10.2 Å². The zero-order valence-corrected chi connectivity index (χ0v) is 23.9. The van der Waals surface area contributed by atoms with Gasteiger partial charge in [0.15, 0.2) is 0 Å². The molecule has 1 amide bonds. The molecule has 1 aromatic heterocycles. The second-order valence-corrected chi connectivity index (χ2v) is 11.4. The lowest BCUT2D eigenvalue weighted by Crippen LogP contribution is -2.41. The van der Waals surface area contributed by atoms with E-state index in [1.807, 2.05) is 84.0 Å². The molecule has 10 nitrogen and oxygen atoms in total. The van der Waals surface area contributed by atoms with Crippen LogP contribution in [0.15, 0.2) is 66.9 Å². The van der Waals surface area contributed by atoms with Crippen LogP contribution in [-0.2, 0) is 24.5 Å². The van der Waals surface area contributed by atoms with Crippen LogP contribution in [0, 0.1) is 0 Å². The lowest BCUT2D eigenvalue weighted by atomic mass is 10.0. The van der Waals surface area contributed by atoms with Crippen molar-refractivity contribution in [1.29, 1.82) is 0 Å². The molecule has 3 aromatic rings. The smallest absolute Gasteiger partial charge is 0.301 e. The zero-order chi connectivity index (χ0) is 28.5. The van der Waals surface area contributed by atoms with Gasteiger partial charge in [0.25, 0.3) is 5.91 Å². The fraction of sp³-hybridized carbons (Fsp3) is 0.393. The number of benzene rings is 2. The van der Waals surface area contributed by atoms with Crippen molar-refractivity contribution in [2.45, 2.75) is 39.3 Å². The van der Waals surface area contributed by atoms with E-state index < -0.39 is 28.3 Å². The van der Waals surface area contributed by atoms with E-state index in [2.05, 4.69) is 18.7 Å². The third-order valence-electron chi connectivity index (χ3n) is 5.80. The molecule has 0 spiro atoms. The normalized spacial score (nSPS) is 11.9. The van der Waals surface area contributed by atoms with Crippen LogP contribution in [0.25, 0.3) is 22.5 Å². The van der Waals surface area contributed by atoms with E-state index >= 15 is 0 Å². The minimum atomic E-state index is -3.86. The first-order chi connectivity index (χ1) is 18.5. The maximum Gasteiger partial charge on any atom is 0.301 e. The summed E-state index contributed by atoms with van der Waals surface area (Å²) in [4.78, 5) is 23.8. The van der Waals surface area contributed by atoms with Crippen LogP contribution in [-0.4, -0.2) is 69.3 Å².